The summed E-state index contributed by atoms with van der Waals surface area (Å²) in [7, 11) is 0. The molecule has 1 aromatic carbocycles. The first-order valence-corrected chi connectivity index (χ1v) is 8.33. The Balaban J connectivity index is 0.00000169. The Kier molecular flexibility index (Phi) is 8.59. The number of nitrogens with zero attached hydrogens (tertiary/aromatic N) is 4. The zero-order valence-electron chi connectivity index (χ0n) is 14.7. The molecule has 1 saturated heterocycles. The van der Waals surface area contributed by atoms with Crippen LogP contribution in [0.25, 0.3) is 0 Å². The summed E-state index contributed by atoms with van der Waals surface area (Å²) in [5, 5.41) is 12.2. The predicted molar refractivity (Wildman–Crippen MR) is 110 cm³/mol. The number of nitrogens with two attached hydrogens (primary N) is 1. The summed E-state index contributed by atoms with van der Waals surface area (Å²) in [5.74, 6) is 1.48. The molecule has 0 unspecified atom stereocenters. The first-order valence-electron chi connectivity index (χ1n) is 8.33. The van der Waals surface area contributed by atoms with E-state index < -0.39 is 0 Å². The van der Waals surface area contributed by atoms with Crippen LogP contribution in [0.4, 0.5) is 17.5 Å². The van der Waals surface area contributed by atoms with Gasteiger partial charge in [-0.3, -0.25) is 0 Å². The van der Waals surface area contributed by atoms with Crippen molar-refractivity contribution in [3.8, 4) is 6.07 Å². The number of rotatable bonds is 5. The highest BCUT2D eigenvalue weighted by atomic mass is 35.5. The second kappa shape index (κ2) is 10.2. The zero-order valence-corrected chi connectivity index (χ0v) is 16.3. The maximum Gasteiger partial charge on any atom is 0.229 e. The monoisotopic (exact) mass is 394 g/mol. The standard InChI is InChI=1S/C18H22N6.2ClH/c1-2-4-15-10-17(24-8-7-14(20)12-24)23-18(21-15)22-16-6-3-5-13(9-16)11-19;;/h3,5-6,9-10,14H,2,4,7-8,12,20H2,1H3,(H,21,22,23);2*1H/t14-;;/m0../s1. The van der Waals surface area contributed by atoms with Crippen molar-refractivity contribution in [2.45, 2.75) is 32.2 Å². The van der Waals surface area contributed by atoms with Crippen molar-refractivity contribution in [3.05, 3.63) is 41.6 Å². The van der Waals surface area contributed by atoms with Crippen molar-refractivity contribution in [1.82, 2.24) is 9.97 Å². The van der Waals surface area contributed by atoms with E-state index in [1.54, 1.807) is 12.1 Å². The van der Waals surface area contributed by atoms with Gasteiger partial charge in [0, 0.05) is 36.6 Å². The van der Waals surface area contributed by atoms with Crippen molar-refractivity contribution in [1.29, 1.82) is 5.26 Å². The molecule has 1 atom stereocenters. The van der Waals surface area contributed by atoms with Gasteiger partial charge in [-0.25, -0.2) is 4.98 Å². The van der Waals surface area contributed by atoms with Crippen LogP contribution in [0.2, 0.25) is 0 Å². The fourth-order valence-corrected chi connectivity index (χ4v) is 2.88. The second-order valence-electron chi connectivity index (χ2n) is 6.10. The van der Waals surface area contributed by atoms with Crippen molar-refractivity contribution in [2.75, 3.05) is 23.3 Å². The summed E-state index contributed by atoms with van der Waals surface area (Å²) < 4.78 is 0. The molecule has 0 amide bonds. The summed E-state index contributed by atoms with van der Waals surface area (Å²) in [5.41, 5.74) is 8.46. The number of anilines is 3. The fourth-order valence-electron chi connectivity index (χ4n) is 2.88. The molecule has 0 saturated carbocycles. The van der Waals surface area contributed by atoms with Crippen molar-refractivity contribution in [3.63, 3.8) is 0 Å². The molecule has 0 spiro atoms. The zero-order chi connectivity index (χ0) is 16.9. The van der Waals surface area contributed by atoms with Gasteiger partial charge >= 0.3 is 0 Å². The highest BCUT2D eigenvalue weighted by molar-refractivity contribution is 5.85. The molecule has 2 aromatic rings. The summed E-state index contributed by atoms with van der Waals surface area (Å²) in [6.45, 7) is 3.89. The molecule has 26 heavy (non-hydrogen) atoms. The van der Waals surface area contributed by atoms with Gasteiger partial charge in [0.05, 0.1) is 11.6 Å². The second-order valence-corrected chi connectivity index (χ2v) is 6.10. The van der Waals surface area contributed by atoms with E-state index in [0.717, 1.165) is 49.6 Å². The normalized spacial score (nSPS) is 15.6. The summed E-state index contributed by atoms with van der Waals surface area (Å²) in [6, 6.07) is 11.7. The van der Waals surface area contributed by atoms with E-state index in [-0.39, 0.29) is 30.9 Å². The Labute approximate surface area is 166 Å². The highest BCUT2D eigenvalue weighted by Crippen LogP contribution is 2.22. The Morgan fingerprint density at radius 3 is 2.77 bits per heavy atom. The van der Waals surface area contributed by atoms with Gasteiger partial charge in [-0.1, -0.05) is 19.4 Å². The molecule has 1 fully saturated rings. The Hall–Kier alpha value is -2.07. The van der Waals surface area contributed by atoms with E-state index in [0.29, 0.717) is 11.5 Å². The average Bonchev–Trinajstić information content (AvgIpc) is 3.02. The number of aryl methyl sites for hydroxylation is 1. The van der Waals surface area contributed by atoms with Gasteiger partial charge < -0.3 is 16.0 Å². The van der Waals surface area contributed by atoms with Gasteiger partial charge in [-0.05, 0) is 31.0 Å². The molecule has 1 aromatic heterocycles. The van der Waals surface area contributed by atoms with Crippen LogP contribution < -0.4 is 16.0 Å². The molecule has 8 heteroatoms. The topological polar surface area (TPSA) is 90.9 Å². The third kappa shape index (κ3) is 5.46. The first kappa shape index (κ1) is 22.0. The van der Waals surface area contributed by atoms with Crippen LogP contribution in [0.5, 0.6) is 0 Å². The summed E-state index contributed by atoms with van der Waals surface area (Å²) >= 11 is 0. The van der Waals surface area contributed by atoms with Crippen LogP contribution in [0.15, 0.2) is 30.3 Å². The predicted octanol–water partition coefficient (Wildman–Crippen LogP) is 3.43. The number of hydrogen-bond donors (Lipinski definition) is 2. The van der Waals surface area contributed by atoms with E-state index in [4.69, 9.17) is 11.0 Å². The smallest absolute Gasteiger partial charge is 0.229 e. The van der Waals surface area contributed by atoms with Gasteiger partial charge in [-0.2, -0.15) is 10.2 Å². The van der Waals surface area contributed by atoms with Crippen molar-refractivity contribution in [2.24, 2.45) is 5.73 Å². The van der Waals surface area contributed by atoms with Crippen LogP contribution in [0, 0.1) is 11.3 Å². The number of benzene rings is 1. The molecule has 140 valence electrons. The van der Waals surface area contributed by atoms with E-state index in [1.807, 2.05) is 12.1 Å². The lowest BCUT2D eigenvalue weighted by atomic mass is 10.2. The quantitative estimate of drug-likeness (QED) is 0.806. The SMILES string of the molecule is CCCc1cc(N2CC[C@H](N)C2)nc(Nc2cccc(C#N)c2)n1.Cl.Cl. The molecule has 6 nitrogen and oxygen atoms in total. The average molecular weight is 395 g/mol. The maximum absolute atomic E-state index is 9.03. The van der Waals surface area contributed by atoms with Gasteiger partial charge in [0.1, 0.15) is 5.82 Å². The molecular formula is C18H24Cl2N6. The fraction of sp³-hybridized carbons (Fsp3) is 0.389. The lowest BCUT2D eigenvalue weighted by Gasteiger charge is -2.19. The summed E-state index contributed by atoms with van der Waals surface area (Å²) in [6.07, 6.45) is 2.92. The van der Waals surface area contributed by atoms with Crippen molar-refractivity contribution >= 4 is 42.3 Å². The Morgan fingerprint density at radius 2 is 2.12 bits per heavy atom. The molecule has 1 aliphatic rings. The third-order valence-corrected chi connectivity index (χ3v) is 4.07. The van der Waals surface area contributed by atoms with Crippen LogP contribution in [0.1, 0.15) is 31.0 Å². The van der Waals surface area contributed by atoms with Crippen LogP contribution in [-0.4, -0.2) is 29.1 Å². The van der Waals surface area contributed by atoms with E-state index in [1.165, 1.54) is 0 Å². The molecule has 2 heterocycles. The molecule has 0 bridgehead atoms. The first-order chi connectivity index (χ1) is 11.7. The number of hydrogen-bond acceptors (Lipinski definition) is 6. The Morgan fingerprint density at radius 1 is 1.31 bits per heavy atom. The molecule has 0 aliphatic carbocycles. The maximum atomic E-state index is 9.03. The Bertz CT molecular complexity index is 762. The number of nitrogens with one attached hydrogen (secondary N) is 1. The van der Waals surface area contributed by atoms with E-state index in [2.05, 4.69) is 39.2 Å². The van der Waals surface area contributed by atoms with Crippen LogP contribution in [0.3, 0.4) is 0 Å². The molecule has 1 aliphatic heterocycles. The van der Waals surface area contributed by atoms with E-state index in [9.17, 15) is 0 Å². The number of halogens is 2. The molecule has 0 radical (unpaired) electrons. The van der Waals surface area contributed by atoms with Gasteiger partial charge in [0.2, 0.25) is 5.95 Å². The van der Waals surface area contributed by atoms with Crippen LogP contribution >= 0.6 is 24.8 Å². The van der Waals surface area contributed by atoms with Crippen molar-refractivity contribution < 1.29 is 0 Å². The largest absolute Gasteiger partial charge is 0.355 e. The summed E-state index contributed by atoms with van der Waals surface area (Å²) in [4.78, 5) is 11.5. The van der Waals surface area contributed by atoms with Gasteiger partial charge in [0.15, 0.2) is 0 Å². The van der Waals surface area contributed by atoms with E-state index >= 15 is 0 Å². The third-order valence-electron chi connectivity index (χ3n) is 4.07. The minimum absolute atomic E-state index is 0. The minimum atomic E-state index is 0. The lowest BCUT2D eigenvalue weighted by Crippen LogP contribution is -2.27. The molecule has 3 rings (SSSR count). The van der Waals surface area contributed by atoms with Crippen LogP contribution in [-0.2, 0) is 6.42 Å². The highest BCUT2D eigenvalue weighted by Gasteiger charge is 2.21. The number of aromatic nitrogens is 2. The van der Waals surface area contributed by atoms with Gasteiger partial charge in [-0.15, -0.1) is 24.8 Å². The minimum Gasteiger partial charge on any atom is -0.355 e. The molecular weight excluding hydrogens is 371 g/mol. The van der Waals surface area contributed by atoms with Gasteiger partial charge in [0.25, 0.3) is 0 Å². The number of nitriles is 1. The lowest BCUT2D eigenvalue weighted by molar-refractivity contribution is 0.751. The molecule has 3 N–H and O–H groups in total.